The first-order chi connectivity index (χ1) is 11.8. The highest BCUT2D eigenvalue weighted by atomic mass is 32.2. The molecule has 2 aromatic rings. The van der Waals surface area contributed by atoms with Gasteiger partial charge in [0.2, 0.25) is 0 Å². The number of nitrogens with one attached hydrogen (secondary N) is 1. The molecule has 0 spiro atoms. The Labute approximate surface area is 147 Å². The van der Waals surface area contributed by atoms with Gasteiger partial charge in [0, 0.05) is 0 Å². The van der Waals surface area contributed by atoms with E-state index in [1.54, 1.807) is 31.2 Å². The molecule has 2 rings (SSSR count). The number of benzene rings is 2. The van der Waals surface area contributed by atoms with Crippen LogP contribution in [0.4, 0.5) is 4.79 Å². The topological polar surface area (TPSA) is 81.7 Å². The van der Waals surface area contributed by atoms with Crippen molar-refractivity contribution in [2.75, 3.05) is 12.9 Å². The van der Waals surface area contributed by atoms with Crippen molar-refractivity contribution < 1.29 is 22.1 Å². The highest BCUT2D eigenvalue weighted by Crippen LogP contribution is 2.22. The molecule has 0 saturated heterocycles. The first kappa shape index (κ1) is 19.0. The molecule has 0 heterocycles. The van der Waals surface area contributed by atoms with Gasteiger partial charge in [-0.15, -0.1) is 0 Å². The fraction of sp³-hybridized carbons (Fsp3) is 0.278. The molecule has 1 atom stereocenters. The maximum absolute atomic E-state index is 12.2. The first-order valence-electron chi connectivity index (χ1n) is 7.67. The lowest BCUT2D eigenvalue weighted by molar-refractivity contribution is 0.116. The summed E-state index contributed by atoms with van der Waals surface area (Å²) in [6.07, 6.45) is 0.305. The molecular weight excluding hydrogens is 342 g/mol. The van der Waals surface area contributed by atoms with Crippen LogP contribution in [-0.2, 0) is 31.2 Å². The number of carbonyl (C=O) groups is 1. The molecule has 0 saturated carbocycles. The largest absolute Gasteiger partial charge is 0.445 e. The highest BCUT2D eigenvalue weighted by Gasteiger charge is 2.31. The molecule has 0 aromatic heterocycles. The Kier molecular flexibility index (Phi) is 6.17. The van der Waals surface area contributed by atoms with Crippen LogP contribution in [0, 0.1) is 0 Å². The molecule has 1 amide bonds. The van der Waals surface area contributed by atoms with Crippen LogP contribution in [-0.4, -0.2) is 27.4 Å². The molecular formula is C18H21NO5S. The molecule has 1 N–H and O–H groups in total. The maximum Gasteiger partial charge on any atom is 0.408 e. The Hall–Kier alpha value is -2.38. The zero-order valence-corrected chi connectivity index (χ0v) is 15.0. The summed E-state index contributed by atoms with van der Waals surface area (Å²) in [7, 11) is -3.65. The molecule has 0 aliphatic rings. The Morgan fingerprint density at radius 2 is 1.60 bits per heavy atom. The Morgan fingerprint density at radius 3 is 2.16 bits per heavy atom. The van der Waals surface area contributed by atoms with E-state index in [0.717, 1.165) is 11.8 Å². The fourth-order valence-corrected chi connectivity index (χ4v) is 2.66. The van der Waals surface area contributed by atoms with Crippen LogP contribution in [0.5, 0.6) is 0 Å². The zero-order chi connectivity index (χ0) is 18.3. The van der Waals surface area contributed by atoms with E-state index in [4.69, 9.17) is 8.92 Å². The van der Waals surface area contributed by atoms with Crippen molar-refractivity contribution in [1.82, 2.24) is 5.32 Å². The van der Waals surface area contributed by atoms with Crippen molar-refractivity contribution in [1.29, 1.82) is 0 Å². The van der Waals surface area contributed by atoms with E-state index in [1.165, 1.54) is 0 Å². The molecule has 0 aliphatic heterocycles. The minimum absolute atomic E-state index is 0.116. The summed E-state index contributed by atoms with van der Waals surface area (Å²) >= 11 is 0. The molecule has 2 aromatic carbocycles. The summed E-state index contributed by atoms with van der Waals surface area (Å²) in [5.41, 5.74) is 0.500. The monoisotopic (exact) mass is 363 g/mol. The van der Waals surface area contributed by atoms with E-state index in [-0.39, 0.29) is 13.2 Å². The predicted octanol–water partition coefficient (Wildman–Crippen LogP) is 2.80. The standard InChI is InChI=1S/C18H21NO5S/c1-18(14-24-25(2,21)22,16-11-7-4-8-12-16)19-17(20)23-13-15-9-5-3-6-10-15/h3-12H,13-14H2,1-2H3,(H,19,20). The highest BCUT2D eigenvalue weighted by molar-refractivity contribution is 7.85. The number of hydrogen-bond donors (Lipinski definition) is 1. The number of rotatable bonds is 7. The van der Waals surface area contributed by atoms with Crippen molar-refractivity contribution in [2.24, 2.45) is 0 Å². The zero-order valence-electron chi connectivity index (χ0n) is 14.1. The van der Waals surface area contributed by atoms with Crippen molar-refractivity contribution >= 4 is 16.2 Å². The maximum atomic E-state index is 12.2. The van der Waals surface area contributed by atoms with Gasteiger partial charge in [-0.05, 0) is 18.1 Å². The second-order valence-corrected chi connectivity index (χ2v) is 7.50. The van der Waals surface area contributed by atoms with Gasteiger partial charge in [-0.1, -0.05) is 60.7 Å². The van der Waals surface area contributed by atoms with Gasteiger partial charge < -0.3 is 10.1 Å². The Bertz CT molecular complexity index is 793. The quantitative estimate of drug-likeness (QED) is 0.765. The second kappa shape index (κ2) is 8.13. The predicted molar refractivity (Wildman–Crippen MR) is 94.4 cm³/mol. The Balaban J connectivity index is 2.08. The molecule has 6 nitrogen and oxygen atoms in total. The normalized spacial score (nSPS) is 13.7. The molecule has 0 bridgehead atoms. The molecule has 7 heteroatoms. The van der Waals surface area contributed by atoms with Crippen molar-refractivity contribution in [3.8, 4) is 0 Å². The molecule has 1 unspecified atom stereocenters. The van der Waals surface area contributed by atoms with Crippen molar-refractivity contribution in [2.45, 2.75) is 19.1 Å². The minimum Gasteiger partial charge on any atom is -0.445 e. The van der Waals surface area contributed by atoms with Crippen LogP contribution in [0.25, 0.3) is 0 Å². The van der Waals surface area contributed by atoms with Gasteiger partial charge in [0.1, 0.15) is 6.61 Å². The summed E-state index contributed by atoms with van der Waals surface area (Å²) in [4.78, 5) is 12.2. The van der Waals surface area contributed by atoms with Crippen LogP contribution < -0.4 is 5.32 Å². The third-order valence-corrected chi connectivity index (χ3v) is 4.11. The number of alkyl carbamates (subject to hydrolysis) is 1. The average Bonchev–Trinajstić information content (AvgIpc) is 2.59. The summed E-state index contributed by atoms with van der Waals surface area (Å²) in [5, 5.41) is 2.70. The van der Waals surface area contributed by atoms with Crippen LogP contribution in [0.2, 0.25) is 0 Å². The van der Waals surface area contributed by atoms with E-state index in [2.05, 4.69) is 5.32 Å². The number of ether oxygens (including phenoxy) is 1. The summed E-state index contributed by atoms with van der Waals surface area (Å²) < 4.78 is 32.8. The van der Waals surface area contributed by atoms with Gasteiger partial charge in [-0.3, -0.25) is 4.18 Å². The van der Waals surface area contributed by atoms with E-state index >= 15 is 0 Å². The first-order valence-corrected chi connectivity index (χ1v) is 9.49. The lowest BCUT2D eigenvalue weighted by Crippen LogP contribution is -2.47. The molecule has 134 valence electrons. The van der Waals surface area contributed by atoms with Gasteiger partial charge in [0.15, 0.2) is 0 Å². The smallest absolute Gasteiger partial charge is 0.408 e. The molecule has 0 aliphatic carbocycles. The summed E-state index contributed by atoms with van der Waals surface area (Å²) in [6, 6.07) is 18.2. The van der Waals surface area contributed by atoms with E-state index < -0.39 is 21.8 Å². The van der Waals surface area contributed by atoms with Crippen molar-refractivity contribution in [3.05, 3.63) is 71.8 Å². The lowest BCUT2D eigenvalue weighted by Gasteiger charge is -2.30. The van der Waals surface area contributed by atoms with Crippen LogP contribution >= 0.6 is 0 Å². The van der Waals surface area contributed by atoms with Gasteiger partial charge in [0.25, 0.3) is 10.1 Å². The van der Waals surface area contributed by atoms with Gasteiger partial charge in [-0.2, -0.15) is 8.42 Å². The van der Waals surface area contributed by atoms with Gasteiger partial charge in [0.05, 0.1) is 18.4 Å². The number of carbonyl (C=O) groups excluding carboxylic acids is 1. The summed E-state index contributed by atoms with van der Waals surface area (Å²) in [6.45, 7) is 1.55. The molecule has 0 fully saturated rings. The van der Waals surface area contributed by atoms with Crippen molar-refractivity contribution in [3.63, 3.8) is 0 Å². The third kappa shape index (κ3) is 6.21. The Morgan fingerprint density at radius 1 is 1.04 bits per heavy atom. The minimum atomic E-state index is -3.65. The summed E-state index contributed by atoms with van der Waals surface area (Å²) in [5.74, 6) is 0. The molecule has 0 radical (unpaired) electrons. The number of hydrogen-bond acceptors (Lipinski definition) is 5. The van der Waals surface area contributed by atoms with Gasteiger partial charge >= 0.3 is 6.09 Å². The average molecular weight is 363 g/mol. The van der Waals surface area contributed by atoms with E-state index in [0.29, 0.717) is 5.56 Å². The fourth-order valence-electron chi connectivity index (χ4n) is 2.21. The van der Waals surface area contributed by atoms with Crippen LogP contribution in [0.1, 0.15) is 18.1 Å². The SMILES string of the molecule is CC(COS(C)(=O)=O)(NC(=O)OCc1ccccc1)c1ccccc1. The van der Waals surface area contributed by atoms with Gasteiger partial charge in [-0.25, -0.2) is 4.79 Å². The van der Waals surface area contributed by atoms with Crippen LogP contribution in [0.3, 0.4) is 0 Å². The lowest BCUT2D eigenvalue weighted by atomic mass is 9.93. The van der Waals surface area contributed by atoms with E-state index in [9.17, 15) is 13.2 Å². The van der Waals surface area contributed by atoms with Crippen LogP contribution in [0.15, 0.2) is 60.7 Å². The molecule has 25 heavy (non-hydrogen) atoms. The van der Waals surface area contributed by atoms with E-state index in [1.807, 2.05) is 36.4 Å². The third-order valence-electron chi connectivity index (χ3n) is 3.56. The second-order valence-electron chi connectivity index (χ2n) is 5.85. The number of amides is 1.